The Hall–Kier alpha value is -1.73. The monoisotopic (exact) mass is 264 g/mol. The van der Waals surface area contributed by atoms with E-state index in [9.17, 15) is 18.0 Å². The highest BCUT2D eigenvalue weighted by atomic mass is 19.4. The normalized spacial score (nSPS) is 11.6. The van der Waals surface area contributed by atoms with Crippen molar-refractivity contribution in [2.24, 2.45) is 0 Å². The molecule has 5 nitrogen and oxygen atoms in total. The highest BCUT2D eigenvalue weighted by molar-refractivity contribution is 5.98. The van der Waals surface area contributed by atoms with Gasteiger partial charge in [-0.3, -0.25) is 9.48 Å². The summed E-state index contributed by atoms with van der Waals surface area (Å²) < 4.78 is 37.2. The Labute approximate surface area is 102 Å². The molecular formula is C10H15F3N4O. The number of nitrogen functional groups attached to an aromatic ring is 1. The number of nitrogens with two attached hydrogens (primary N) is 1. The molecule has 0 unspecified atom stereocenters. The highest BCUT2D eigenvalue weighted by Gasteiger charge is 2.29. The lowest BCUT2D eigenvalue weighted by atomic mass is 10.3. The SMILES string of the molecule is CCN(CC)C(=O)c1cn(CC(F)(F)F)nc1N. The predicted octanol–water partition coefficient (Wildman–Crippen LogP) is 1.51. The third-order valence-corrected chi connectivity index (χ3v) is 2.41. The van der Waals surface area contributed by atoms with Crippen LogP contribution in [-0.2, 0) is 6.54 Å². The van der Waals surface area contributed by atoms with Crippen LogP contribution in [-0.4, -0.2) is 39.9 Å². The number of rotatable bonds is 4. The third-order valence-electron chi connectivity index (χ3n) is 2.41. The smallest absolute Gasteiger partial charge is 0.382 e. The lowest BCUT2D eigenvalue weighted by Gasteiger charge is -2.17. The first-order valence-electron chi connectivity index (χ1n) is 5.47. The summed E-state index contributed by atoms with van der Waals surface area (Å²) in [4.78, 5) is 13.4. The van der Waals surface area contributed by atoms with Crippen molar-refractivity contribution < 1.29 is 18.0 Å². The Morgan fingerprint density at radius 3 is 2.44 bits per heavy atom. The number of aromatic nitrogens is 2. The van der Waals surface area contributed by atoms with Crippen LogP contribution >= 0.6 is 0 Å². The van der Waals surface area contributed by atoms with Crippen molar-refractivity contribution in [3.8, 4) is 0 Å². The van der Waals surface area contributed by atoms with Gasteiger partial charge in [0.1, 0.15) is 12.1 Å². The molecular weight excluding hydrogens is 249 g/mol. The van der Waals surface area contributed by atoms with Gasteiger partial charge in [0, 0.05) is 19.3 Å². The van der Waals surface area contributed by atoms with E-state index in [0.717, 1.165) is 6.20 Å². The molecule has 0 saturated heterocycles. The van der Waals surface area contributed by atoms with Gasteiger partial charge < -0.3 is 10.6 Å². The molecule has 0 aromatic carbocycles. The van der Waals surface area contributed by atoms with Crippen LogP contribution in [0, 0.1) is 0 Å². The number of carbonyl (C=O) groups is 1. The molecule has 0 bridgehead atoms. The van der Waals surface area contributed by atoms with Gasteiger partial charge in [-0.05, 0) is 13.8 Å². The van der Waals surface area contributed by atoms with Gasteiger partial charge in [0.25, 0.3) is 5.91 Å². The Kier molecular flexibility index (Phi) is 4.20. The van der Waals surface area contributed by atoms with Crippen molar-refractivity contribution in [2.45, 2.75) is 26.6 Å². The Morgan fingerprint density at radius 2 is 2.00 bits per heavy atom. The molecule has 1 amide bonds. The molecule has 1 aromatic heterocycles. The van der Waals surface area contributed by atoms with Crippen LogP contribution < -0.4 is 5.73 Å². The minimum Gasteiger partial charge on any atom is -0.382 e. The zero-order valence-electron chi connectivity index (χ0n) is 10.2. The van der Waals surface area contributed by atoms with Crippen molar-refractivity contribution in [1.29, 1.82) is 0 Å². The molecule has 1 aromatic rings. The highest BCUT2D eigenvalue weighted by Crippen LogP contribution is 2.19. The number of hydrogen-bond donors (Lipinski definition) is 1. The van der Waals surface area contributed by atoms with Gasteiger partial charge in [0.2, 0.25) is 0 Å². The van der Waals surface area contributed by atoms with E-state index in [4.69, 9.17) is 5.73 Å². The molecule has 0 aliphatic heterocycles. The Morgan fingerprint density at radius 1 is 1.44 bits per heavy atom. The first-order chi connectivity index (χ1) is 8.28. The topological polar surface area (TPSA) is 64.2 Å². The maximum atomic E-state index is 12.2. The molecule has 0 atom stereocenters. The molecule has 0 aliphatic carbocycles. The number of hydrogen-bond acceptors (Lipinski definition) is 3. The lowest BCUT2D eigenvalue weighted by molar-refractivity contribution is -0.142. The first-order valence-corrected chi connectivity index (χ1v) is 5.47. The summed E-state index contributed by atoms with van der Waals surface area (Å²) in [6.45, 7) is 3.20. The third kappa shape index (κ3) is 3.38. The summed E-state index contributed by atoms with van der Waals surface area (Å²) in [5, 5.41) is 3.50. The molecule has 0 radical (unpaired) electrons. The summed E-state index contributed by atoms with van der Waals surface area (Å²) in [5.74, 6) is -0.595. The summed E-state index contributed by atoms with van der Waals surface area (Å²) in [6.07, 6.45) is -3.36. The zero-order valence-corrected chi connectivity index (χ0v) is 10.2. The number of anilines is 1. The lowest BCUT2D eigenvalue weighted by Crippen LogP contribution is -2.30. The maximum absolute atomic E-state index is 12.2. The fourth-order valence-electron chi connectivity index (χ4n) is 1.55. The van der Waals surface area contributed by atoms with Crippen LogP contribution in [0.3, 0.4) is 0 Å². The molecule has 1 heterocycles. The van der Waals surface area contributed by atoms with Gasteiger partial charge in [-0.2, -0.15) is 18.3 Å². The minimum atomic E-state index is -4.39. The number of amides is 1. The molecule has 0 fully saturated rings. The van der Waals surface area contributed by atoms with Gasteiger partial charge in [-0.1, -0.05) is 0 Å². The van der Waals surface area contributed by atoms with Crippen LogP contribution in [0.2, 0.25) is 0 Å². The van der Waals surface area contributed by atoms with E-state index in [0.29, 0.717) is 17.8 Å². The molecule has 2 N–H and O–H groups in total. The predicted molar refractivity (Wildman–Crippen MR) is 59.9 cm³/mol. The van der Waals surface area contributed by atoms with Crippen LogP contribution in [0.15, 0.2) is 6.20 Å². The second-order valence-electron chi connectivity index (χ2n) is 3.72. The Balaban J connectivity index is 2.94. The summed E-state index contributed by atoms with van der Waals surface area (Å²) >= 11 is 0. The average Bonchev–Trinajstić information content (AvgIpc) is 2.58. The van der Waals surface area contributed by atoms with E-state index < -0.39 is 18.6 Å². The molecule has 18 heavy (non-hydrogen) atoms. The molecule has 0 aliphatic rings. The first kappa shape index (κ1) is 14.3. The zero-order chi connectivity index (χ0) is 13.9. The molecule has 8 heteroatoms. The largest absolute Gasteiger partial charge is 0.408 e. The van der Waals surface area contributed by atoms with E-state index >= 15 is 0 Å². The second kappa shape index (κ2) is 5.28. The van der Waals surface area contributed by atoms with Crippen LogP contribution in [0.25, 0.3) is 0 Å². The van der Waals surface area contributed by atoms with Gasteiger partial charge >= 0.3 is 6.18 Å². The quantitative estimate of drug-likeness (QED) is 0.896. The minimum absolute atomic E-state index is 0.00273. The van der Waals surface area contributed by atoms with E-state index in [-0.39, 0.29) is 11.4 Å². The van der Waals surface area contributed by atoms with Crippen LogP contribution in [0.4, 0.5) is 19.0 Å². The fourth-order valence-corrected chi connectivity index (χ4v) is 1.55. The van der Waals surface area contributed by atoms with E-state index in [2.05, 4.69) is 5.10 Å². The Bertz CT molecular complexity index is 423. The summed E-state index contributed by atoms with van der Waals surface area (Å²) in [5.41, 5.74) is 5.46. The van der Waals surface area contributed by atoms with Crippen molar-refractivity contribution in [3.05, 3.63) is 11.8 Å². The molecule has 0 spiro atoms. The van der Waals surface area contributed by atoms with E-state index in [1.807, 2.05) is 0 Å². The molecule has 102 valence electrons. The van der Waals surface area contributed by atoms with E-state index in [1.165, 1.54) is 4.90 Å². The second-order valence-corrected chi connectivity index (χ2v) is 3.72. The van der Waals surface area contributed by atoms with Gasteiger partial charge in [0.15, 0.2) is 5.82 Å². The van der Waals surface area contributed by atoms with Gasteiger partial charge in [-0.25, -0.2) is 0 Å². The fraction of sp³-hybridized carbons (Fsp3) is 0.600. The average molecular weight is 264 g/mol. The van der Waals surface area contributed by atoms with Crippen molar-refractivity contribution in [2.75, 3.05) is 18.8 Å². The van der Waals surface area contributed by atoms with E-state index in [1.54, 1.807) is 13.8 Å². The summed E-state index contributed by atoms with van der Waals surface area (Å²) in [7, 11) is 0. The number of alkyl halides is 3. The maximum Gasteiger partial charge on any atom is 0.408 e. The molecule has 1 rings (SSSR count). The van der Waals surface area contributed by atoms with Crippen molar-refractivity contribution in [3.63, 3.8) is 0 Å². The van der Waals surface area contributed by atoms with Crippen LogP contribution in [0.1, 0.15) is 24.2 Å². The summed E-state index contributed by atoms with van der Waals surface area (Å²) in [6, 6.07) is 0. The van der Waals surface area contributed by atoms with Crippen molar-refractivity contribution >= 4 is 11.7 Å². The molecule has 0 saturated carbocycles. The van der Waals surface area contributed by atoms with Gasteiger partial charge in [-0.15, -0.1) is 0 Å². The standard InChI is InChI=1S/C10H15F3N4O/c1-3-16(4-2)9(18)7-5-17(15-8(7)14)6-10(11,12)13/h5H,3-4,6H2,1-2H3,(H2,14,15). The van der Waals surface area contributed by atoms with Crippen molar-refractivity contribution in [1.82, 2.24) is 14.7 Å². The number of halogens is 3. The van der Waals surface area contributed by atoms with Gasteiger partial charge in [0.05, 0.1) is 0 Å². The number of nitrogens with zero attached hydrogens (tertiary/aromatic N) is 3. The van der Waals surface area contributed by atoms with Crippen LogP contribution in [0.5, 0.6) is 0 Å². The number of carbonyl (C=O) groups excluding carboxylic acids is 1.